The number of ether oxygens (including phenoxy) is 3. The van der Waals surface area contributed by atoms with Gasteiger partial charge in [0.2, 0.25) is 0 Å². The Morgan fingerprint density at radius 1 is 1.20 bits per heavy atom. The smallest absolute Gasteiger partial charge is 0.410 e. The molecular weight excluding hydrogens is 472 g/mol. The number of nitrogens with zero attached hydrogens (tertiary/aromatic N) is 3. The first kappa shape index (κ1) is 26.4. The van der Waals surface area contributed by atoms with Crippen LogP contribution >= 0.6 is 11.8 Å². The Kier molecular flexibility index (Phi) is 9.05. The molecule has 0 aliphatic carbocycles. The molecule has 2 aliphatic rings. The number of carbonyl (C=O) groups is 3. The van der Waals surface area contributed by atoms with Crippen LogP contribution in [-0.2, 0) is 30.4 Å². The van der Waals surface area contributed by atoms with E-state index in [1.54, 1.807) is 11.1 Å². The minimum Gasteiger partial charge on any atom is -0.466 e. The summed E-state index contributed by atoms with van der Waals surface area (Å²) in [6, 6.07) is 7.70. The number of hydrogen-bond donors (Lipinski definition) is 1. The van der Waals surface area contributed by atoms with E-state index in [9.17, 15) is 14.4 Å². The number of carbonyl (C=O) groups excluding carboxylic acids is 3. The number of esters is 1. The van der Waals surface area contributed by atoms with Gasteiger partial charge in [-0.1, -0.05) is 24.3 Å². The van der Waals surface area contributed by atoms with E-state index in [1.807, 2.05) is 45.0 Å². The highest BCUT2D eigenvalue weighted by atomic mass is 32.2. The van der Waals surface area contributed by atoms with Crippen molar-refractivity contribution in [2.45, 2.75) is 51.9 Å². The van der Waals surface area contributed by atoms with Crippen molar-refractivity contribution in [3.8, 4) is 0 Å². The van der Waals surface area contributed by atoms with E-state index in [0.717, 1.165) is 41.8 Å². The van der Waals surface area contributed by atoms with Crippen LogP contribution in [0.3, 0.4) is 0 Å². The Balaban J connectivity index is 1.42. The molecule has 2 heterocycles. The Morgan fingerprint density at radius 2 is 1.89 bits per heavy atom. The Hall–Kier alpha value is -3.18. The van der Waals surface area contributed by atoms with Crippen molar-refractivity contribution in [1.82, 2.24) is 10.2 Å². The van der Waals surface area contributed by atoms with Crippen LogP contribution in [0.4, 0.5) is 4.79 Å². The molecular formula is C24H30N4O6S. The van der Waals surface area contributed by atoms with Gasteiger partial charge in [-0.2, -0.15) is 5.10 Å². The highest BCUT2D eigenvalue weighted by molar-refractivity contribution is 8.18. The van der Waals surface area contributed by atoms with Crippen LogP contribution in [0, 0.1) is 0 Å². The van der Waals surface area contributed by atoms with Crippen LogP contribution < -0.4 is 5.32 Å². The van der Waals surface area contributed by atoms with E-state index in [2.05, 4.69) is 20.3 Å². The van der Waals surface area contributed by atoms with Crippen LogP contribution in [0.1, 0.15) is 44.7 Å². The summed E-state index contributed by atoms with van der Waals surface area (Å²) in [7, 11) is 1.24. The van der Waals surface area contributed by atoms with Crippen molar-refractivity contribution in [2.75, 3.05) is 20.2 Å². The summed E-state index contributed by atoms with van der Waals surface area (Å²) < 4.78 is 16.0. The molecule has 11 heteroatoms. The van der Waals surface area contributed by atoms with Gasteiger partial charge < -0.3 is 19.1 Å². The molecule has 3 rings (SSSR count). The van der Waals surface area contributed by atoms with Crippen molar-refractivity contribution in [3.05, 3.63) is 46.4 Å². The molecule has 2 fully saturated rings. The first-order chi connectivity index (χ1) is 16.6. The minimum atomic E-state index is -0.609. The van der Waals surface area contributed by atoms with Crippen LogP contribution in [0.5, 0.6) is 0 Å². The normalized spacial score (nSPS) is 19.4. The molecule has 0 spiro atoms. The average Bonchev–Trinajstić information content (AvgIpc) is 3.16. The molecule has 0 atom stereocenters. The quantitative estimate of drug-likeness (QED) is 0.275. The fourth-order valence-corrected chi connectivity index (χ4v) is 3.97. The van der Waals surface area contributed by atoms with Crippen LogP contribution in [0.25, 0.3) is 0 Å². The van der Waals surface area contributed by atoms with Gasteiger partial charge in [-0.05, 0) is 56.5 Å². The molecule has 0 aromatic heterocycles. The summed E-state index contributed by atoms with van der Waals surface area (Å²) in [5.74, 6) is -1.03. The second-order valence-electron chi connectivity index (χ2n) is 8.96. The fourth-order valence-electron chi connectivity index (χ4n) is 3.23. The summed E-state index contributed by atoms with van der Waals surface area (Å²) in [5, 5.41) is 10.8. The molecule has 1 aromatic rings. The average molecular weight is 503 g/mol. The lowest BCUT2D eigenvalue weighted by Gasteiger charge is -2.33. The van der Waals surface area contributed by atoms with Gasteiger partial charge in [0.15, 0.2) is 5.17 Å². The lowest BCUT2D eigenvalue weighted by atomic mass is 10.1. The van der Waals surface area contributed by atoms with Gasteiger partial charge in [-0.25, -0.2) is 9.59 Å². The minimum absolute atomic E-state index is 0.1000. The number of piperidine rings is 1. The molecule has 1 N–H and O–H groups in total. The molecule has 2 amide bonds. The first-order valence-corrected chi connectivity index (χ1v) is 12.0. The SMILES string of the molecule is COC(=O)/C=C1/S/C(=N\N=Cc2ccc(COC3CCN(C(=O)OC(C)(C)C)CC3)cc2)NC1=O. The lowest BCUT2D eigenvalue weighted by Crippen LogP contribution is -2.43. The van der Waals surface area contributed by atoms with E-state index in [1.165, 1.54) is 7.11 Å². The Morgan fingerprint density at radius 3 is 2.51 bits per heavy atom. The molecule has 0 unspecified atom stereocenters. The molecule has 10 nitrogen and oxygen atoms in total. The standard InChI is InChI=1S/C24H30N4O6S/c1-24(2,3)34-23(31)28-11-9-18(10-12-28)33-15-17-7-5-16(6-8-17)14-25-27-22-26-21(30)19(35-22)13-20(29)32-4/h5-8,13-14,18H,9-12,15H2,1-4H3,(H,26,27,30)/b19-13+,25-14?. The first-order valence-electron chi connectivity index (χ1n) is 11.2. The molecule has 0 bridgehead atoms. The number of thioether (sulfide) groups is 1. The fraction of sp³-hybridized carbons (Fsp3) is 0.458. The van der Waals surface area contributed by atoms with Gasteiger partial charge in [0.05, 0.1) is 30.9 Å². The number of amidine groups is 1. The third kappa shape index (κ3) is 8.52. The maximum absolute atomic E-state index is 12.2. The number of methoxy groups -OCH3 is 1. The second-order valence-corrected chi connectivity index (χ2v) is 9.99. The summed E-state index contributed by atoms with van der Waals surface area (Å²) in [5.41, 5.74) is 1.37. The summed E-state index contributed by atoms with van der Waals surface area (Å²) in [6.07, 6.45) is 4.05. The highest BCUT2D eigenvalue weighted by Crippen LogP contribution is 2.23. The van der Waals surface area contributed by atoms with Gasteiger partial charge in [-0.15, -0.1) is 5.10 Å². The largest absolute Gasteiger partial charge is 0.466 e. The second kappa shape index (κ2) is 12.0. The monoisotopic (exact) mass is 502 g/mol. The van der Waals surface area contributed by atoms with Crippen molar-refractivity contribution in [2.24, 2.45) is 10.2 Å². The van der Waals surface area contributed by atoms with Crippen molar-refractivity contribution in [1.29, 1.82) is 0 Å². The van der Waals surface area contributed by atoms with E-state index >= 15 is 0 Å². The number of hydrogen-bond acceptors (Lipinski definition) is 9. The van der Waals surface area contributed by atoms with Crippen LogP contribution in [0.2, 0.25) is 0 Å². The predicted octanol–water partition coefficient (Wildman–Crippen LogP) is 3.21. The molecule has 2 aliphatic heterocycles. The Labute approximate surface area is 208 Å². The zero-order valence-electron chi connectivity index (χ0n) is 20.3. The van der Waals surface area contributed by atoms with Gasteiger partial charge in [0.1, 0.15) is 5.60 Å². The van der Waals surface area contributed by atoms with E-state index in [0.29, 0.717) is 19.7 Å². The lowest BCUT2D eigenvalue weighted by molar-refractivity contribution is -0.135. The van der Waals surface area contributed by atoms with E-state index < -0.39 is 17.5 Å². The molecule has 2 saturated heterocycles. The van der Waals surface area contributed by atoms with Gasteiger partial charge in [0, 0.05) is 19.2 Å². The maximum atomic E-state index is 12.2. The number of nitrogens with one attached hydrogen (secondary N) is 1. The molecule has 0 radical (unpaired) electrons. The van der Waals surface area contributed by atoms with E-state index in [4.69, 9.17) is 9.47 Å². The Bertz CT molecular complexity index is 1020. The maximum Gasteiger partial charge on any atom is 0.410 e. The number of benzene rings is 1. The van der Waals surface area contributed by atoms with Crippen molar-refractivity contribution < 1.29 is 28.6 Å². The molecule has 188 valence electrons. The zero-order chi connectivity index (χ0) is 25.4. The molecule has 35 heavy (non-hydrogen) atoms. The summed E-state index contributed by atoms with van der Waals surface area (Å²) >= 11 is 1.01. The van der Waals surface area contributed by atoms with E-state index in [-0.39, 0.29) is 22.3 Å². The van der Waals surface area contributed by atoms with Crippen molar-refractivity contribution in [3.63, 3.8) is 0 Å². The van der Waals surface area contributed by atoms with Crippen LogP contribution in [0.15, 0.2) is 45.4 Å². The molecule has 1 aromatic carbocycles. The predicted molar refractivity (Wildman–Crippen MR) is 133 cm³/mol. The molecule has 0 saturated carbocycles. The van der Waals surface area contributed by atoms with Crippen molar-refractivity contribution >= 4 is 41.1 Å². The van der Waals surface area contributed by atoms with Crippen LogP contribution in [-0.4, -0.2) is 66.2 Å². The highest BCUT2D eigenvalue weighted by Gasteiger charge is 2.27. The number of amides is 2. The summed E-state index contributed by atoms with van der Waals surface area (Å²) in [4.78, 5) is 37.2. The third-order valence-electron chi connectivity index (χ3n) is 5.02. The number of likely N-dealkylation sites (tertiary alicyclic amines) is 1. The third-order valence-corrected chi connectivity index (χ3v) is 5.92. The van der Waals surface area contributed by atoms with Gasteiger partial charge in [0.25, 0.3) is 5.91 Å². The summed E-state index contributed by atoms with van der Waals surface area (Å²) in [6.45, 7) is 7.31. The van der Waals surface area contributed by atoms with Gasteiger partial charge in [-0.3, -0.25) is 10.1 Å². The number of rotatable bonds is 6. The topological polar surface area (TPSA) is 119 Å². The zero-order valence-corrected chi connectivity index (χ0v) is 21.1. The van der Waals surface area contributed by atoms with Gasteiger partial charge >= 0.3 is 12.1 Å².